The van der Waals surface area contributed by atoms with E-state index in [0.29, 0.717) is 30.1 Å². The summed E-state index contributed by atoms with van der Waals surface area (Å²) in [5, 5.41) is 0. The molecule has 1 atom stereocenters. The van der Waals surface area contributed by atoms with Crippen LogP contribution in [0.5, 0.6) is 5.88 Å². The molecule has 0 aromatic carbocycles. The first-order valence-electron chi connectivity index (χ1n) is 15.7. The van der Waals surface area contributed by atoms with Gasteiger partial charge >= 0.3 is 6.16 Å². The first kappa shape index (κ1) is 33.5. The number of ether oxygens (including phenoxy) is 3. The third kappa shape index (κ3) is 12.2. The number of aromatic nitrogens is 2. The van der Waals surface area contributed by atoms with Gasteiger partial charge in [-0.2, -0.15) is 4.37 Å². The van der Waals surface area contributed by atoms with Crippen LogP contribution >= 0.6 is 11.7 Å². The van der Waals surface area contributed by atoms with Crippen molar-refractivity contribution in [3.63, 3.8) is 0 Å². The monoisotopic (exact) mass is 566 g/mol. The van der Waals surface area contributed by atoms with Crippen LogP contribution < -0.4 is 4.74 Å². The lowest BCUT2D eigenvalue weighted by Crippen LogP contribution is -2.62. The first-order chi connectivity index (χ1) is 18.8. The third-order valence-corrected chi connectivity index (χ3v) is 8.64. The highest BCUT2D eigenvalue weighted by atomic mass is 32.1. The third-order valence-electron chi connectivity index (χ3n) is 8.13. The molecule has 0 fully saturated rings. The Labute approximate surface area is 242 Å². The minimum atomic E-state index is -0.738. The molecule has 1 aliphatic rings. The van der Waals surface area contributed by atoms with E-state index in [-0.39, 0.29) is 0 Å². The molecular formula is C31H56N3O4S+. The van der Waals surface area contributed by atoms with E-state index in [4.69, 9.17) is 14.2 Å². The zero-order chi connectivity index (χ0) is 28.4. The van der Waals surface area contributed by atoms with E-state index in [9.17, 15) is 4.79 Å². The molecule has 7 nitrogen and oxygen atoms in total. The summed E-state index contributed by atoms with van der Waals surface area (Å²) in [5.41, 5.74) is 1.19. The van der Waals surface area contributed by atoms with Crippen LogP contribution in [0, 0.1) is 0 Å². The average molecular weight is 567 g/mol. The lowest BCUT2D eigenvalue weighted by Gasteiger charge is -2.47. The number of carbonyl (C=O) groups excluding carboxylic acids is 1. The van der Waals surface area contributed by atoms with Crippen molar-refractivity contribution in [2.75, 3.05) is 33.4 Å². The molecule has 0 amide bonds. The Balaban J connectivity index is 1.70. The molecule has 1 aliphatic heterocycles. The van der Waals surface area contributed by atoms with Gasteiger partial charge in [-0.15, -0.1) is 4.37 Å². The van der Waals surface area contributed by atoms with Crippen LogP contribution in [0.4, 0.5) is 4.79 Å². The number of likely N-dealkylation sites (N-methyl/N-ethyl adjacent to an activating group) is 1. The molecule has 0 bridgehead atoms. The number of nitrogens with zero attached hydrogens (tertiary/aromatic N) is 3. The van der Waals surface area contributed by atoms with Gasteiger partial charge in [0, 0.05) is 25.8 Å². The van der Waals surface area contributed by atoms with Crippen LogP contribution in [0.15, 0.2) is 6.08 Å². The maximum absolute atomic E-state index is 12.6. The van der Waals surface area contributed by atoms with E-state index < -0.39 is 11.9 Å². The predicted octanol–water partition coefficient (Wildman–Crippen LogP) is 8.93. The molecule has 0 saturated heterocycles. The Morgan fingerprint density at radius 1 is 0.872 bits per heavy atom. The van der Waals surface area contributed by atoms with Crippen molar-refractivity contribution < 1.29 is 23.5 Å². The summed E-state index contributed by atoms with van der Waals surface area (Å²) in [6.45, 7) is 11.1. The zero-order valence-electron chi connectivity index (χ0n) is 25.6. The lowest BCUT2D eigenvalue weighted by molar-refractivity contribution is -0.971. The summed E-state index contributed by atoms with van der Waals surface area (Å²) in [6.07, 6.45) is 21.1. The molecule has 1 unspecified atom stereocenters. The molecule has 0 N–H and O–H groups in total. The minimum Gasteiger partial charge on any atom is -0.475 e. The van der Waals surface area contributed by atoms with E-state index in [0.717, 1.165) is 43.5 Å². The number of quaternary nitrogens is 1. The Kier molecular flexibility index (Phi) is 16.0. The summed E-state index contributed by atoms with van der Waals surface area (Å²) in [5.74, 6) is 0.626. The second-order valence-electron chi connectivity index (χ2n) is 11.8. The topological polar surface area (TPSA) is 70.5 Å². The summed E-state index contributed by atoms with van der Waals surface area (Å²) in [7, 11) is 2.13. The number of carbonyl (C=O) groups is 1. The fraction of sp³-hybridized carbons (Fsp3) is 0.839. The summed E-state index contributed by atoms with van der Waals surface area (Å²) >= 11 is 1.19. The van der Waals surface area contributed by atoms with Gasteiger partial charge in [-0.3, -0.25) is 4.48 Å². The van der Waals surface area contributed by atoms with Crippen LogP contribution in [0.25, 0.3) is 5.57 Å². The molecule has 8 heteroatoms. The van der Waals surface area contributed by atoms with Gasteiger partial charge in [0.15, 0.2) is 0 Å². The van der Waals surface area contributed by atoms with Gasteiger partial charge in [-0.05, 0) is 12.8 Å². The highest BCUT2D eigenvalue weighted by molar-refractivity contribution is 6.99. The maximum atomic E-state index is 12.6. The fourth-order valence-corrected chi connectivity index (χ4v) is 5.64. The van der Waals surface area contributed by atoms with Crippen molar-refractivity contribution in [1.29, 1.82) is 0 Å². The number of rotatable bonds is 21. The molecule has 2 rings (SSSR count). The fourth-order valence-electron chi connectivity index (χ4n) is 5.11. The van der Waals surface area contributed by atoms with Crippen LogP contribution in [0.2, 0.25) is 0 Å². The van der Waals surface area contributed by atoms with E-state index >= 15 is 0 Å². The number of hydrogen-bond acceptors (Lipinski definition) is 7. The molecule has 1 aromatic heterocycles. The first-order valence-corrected chi connectivity index (χ1v) is 16.4. The van der Waals surface area contributed by atoms with Gasteiger partial charge in [0.2, 0.25) is 5.72 Å². The smallest absolute Gasteiger partial charge is 0.475 e. The van der Waals surface area contributed by atoms with Crippen molar-refractivity contribution in [1.82, 2.24) is 8.75 Å². The zero-order valence-corrected chi connectivity index (χ0v) is 26.4. The second kappa shape index (κ2) is 18.6. The molecule has 0 spiro atoms. The van der Waals surface area contributed by atoms with Crippen LogP contribution in [-0.4, -0.2) is 58.5 Å². The van der Waals surface area contributed by atoms with Gasteiger partial charge < -0.3 is 14.2 Å². The van der Waals surface area contributed by atoms with Crippen molar-refractivity contribution >= 4 is 23.5 Å². The van der Waals surface area contributed by atoms with Gasteiger partial charge in [0.1, 0.15) is 12.2 Å². The van der Waals surface area contributed by atoms with Crippen molar-refractivity contribution in [3.05, 3.63) is 11.8 Å². The van der Waals surface area contributed by atoms with Crippen LogP contribution in [0.1, 0.15) is 136 Å². The highest BCUT2D eigenvalue weighted by Crippen LogP contribution is 2.35. The van der Waals surface area contributed by atoms with E-state index in [1.807, 2.05) is 13.8 Å². The predicted molar refractivity (Wildman–Crippen MR) is 161 cm³/mol. The molecule has 0 saturated carbocycles. The van der Waals surface area contributed by atoms with Crippen molar-refractivity contribution in [3.8, 4) is 5.88 Å². The Morgan fingerprint density at radius 3 is 2.08 bits per heavy atom. The molecule has 224 valence electrons. The largest absolute Gasteiger partial charge is 0.512 e. The molecular weight excluding hydrogens is 510 g/mol. The van der Waals surface area contributed by atoms with Crippen molar-refractivity contribution in [2.45, 2.75) is 136 Å². The minimum absolute atomic E-state index is 0.421. The standard InChI is InChI=1S/C31H56N3O4S/c1-6-8-10-12-13-14-15-16-17-18-20-25-37-30(35)38-31(3,4)34(5)23-21-22-27(26-34)28-29(33-39-32-28)36-24-19-11-9-7-2/h22H,6-21,23-26H2,1-5H3/q+1. The van der Waals surface area contributed by atoms with E-state index in [2.05, 4.69) is 35.7 Å². The second-order valence-corrected chi connectivity index (χ2v) is 12.3. The Bertz CT molecular complexity index is 842. The maximum Gasteiger partial charge on any atom is 0.512 e. The molecule has 39 heavy (non-hydrogen) atoms. The van der Waals surface area contributed by atoms with Gasteiger partial charge in [-0.25, -0.2) is 4.79 Å². The normalized spacial score (nSPS) is 17.6. The average Bonchev–Trinajstić information content (AvgIpc) is 3.37. The van der Waals surface area contributed by atoms with Gasteiger partial charge in [-0.1, -0.05) is 103 Å². The summed E-state index contributed by atoms with van der Waals surface area (Å²) in [6, 6.07) is 0. The van der Waals surface area contributed by atoms with E-state index in [1.54, 1.807) is 0 Å². The molecule has 1 aromatic rings. The molecule has 0 radical (unpaired) electrons. The summed E-state index contributed by atoms with van der Waals surface area (Å²) in [4.78, 5) is 12.6. The van der Waals surface area contributed by atoms with Crippen LogP contribution in [-0.2, 0) is 9.47 Å². The van der Waals surface area contributed by atoms with Gasteiger partial charge in [0.25, 0.3) is 5.88 Å². The Morgan fingerprint density at radius 2 is 1.44 bits per heavy atom. The number of unbranched alkanes of at least 4 members (excludes halogenated alkanes) is 13. The van der Waals surface area contributed by atoms with Gasteiger partial charge in [0.05, 0.1) is 38.5 Å². The molecule has 2 heterocycles. The lowest BCUT2D eigenvalue weighted by atomic mass is 10.0. The summed E-state index contributed by atoms with van der Waals surface area (Å²) < 4.78 is 26.9. The van der Waals surface area contributed by atoms with E-state index in [1.165, 1.54) is 88.8 Å². The molecule has 0 aliphatic carbocycles. The quantitative estimate of drug-likeness (QED) is 0.0840. The number of hydrogen-bond donors (Lipinski definition) is 0. The SMILES string of the molecule is CCCCCCCCCCCCCOC(=O)OC(C)(C)[N+]1(C)CCC=C(c2nsnc2OCCCCCC)C1. The highest BCUT2D eigenvalue weighted by Gasteiger charge is 2.46. The Hall–Kier alpha value is -1.67. The van der Waals surface area contributed by atoms with Crippen LogP contribution in [0.3, 0.4) is 0 Å². The van der Waals surface area contributed by atoms with Crippen molar-refractivity contribution in [2.24, 2.45) is 0 Å².